The van der Waals surface area contributed by atoms with E-state index in [1.54, 1.807) is 0 Å². The van der Waals surface area contributed by atoms with E-state index in [4.69, 9.17) is 27.4 Å². The van der Waals surface area contributed by atoms with Gasteiger partial charge in [-0.05, 0) is 55.9 Å². The molecule has 0 spiro atoms. The summed E-state index contributed by atoms with van der Waals surface area (Å²) in [6.45, 7) is 3.55. The van der Waals surface area contributed by atoms with Crippen LogP contribution in [0.2, 0.25) is 0 Å². The van der Waals surface area contributed by atoms with Gasteiger partial charge in [0, 0.05) is 5.56 Å². The Bertz CT molecular complexity index is 425. The molecular formula is C16H23NO2S. The maximum atomic E-state index is 5.85. The van der Waals surface area contributed by atoms with E-state index in [1.165, 1.54) is 25.7 Å². The standard InChI is InChI=1S/C16H23NO2S/c1-12-2-6-14(7-3-12)18-10-11-19-15-8-4-13(5-9-15)16(17)20/h4-5,8-9,12,14H,2-3,6-7,10-11H2,1H3,(H2,17,20). The fourth-order valence-electron chi connectivity index (χ4n) is 2.49. The van der Waals surface area contributed by atoms with Gasteiger partial charge in [0.2, 0.25) is 0 Å². The van der Waals surface area contributed by atoms with Crippen LogP contribution in [0.15, 0.2) is 24.3 Å². The van der Waals surface area contributed by atoms with Crippen molar-refractivity contribution in [2.75, 3.05) is 13.2 Å². The highest BCUT2D eigenvalue weighted by molar-refractivity contribution is 7.80. The van der Waals surface area contributed by atoms with E-state index in [0.29, 0.717) is 24.3 Å². The molecule has 3 nitrogen and oxygen atoms in total. The molecule has 110 valence electrons. The quantitative estimate of drug-likeness (QED) is 0.645. The Morgan fingerprint density at radius 2 is 1.80 bits per heavy atom. The van der Waals surface area contributed by atoms with Crippen LogP contribution >= 0.6 is 12.2 Å². The number of nitrogens with two attached hydrogens (primary N) is 1. The summed E-state index contributed by atoms with van der Waals surface area (Å²) in [5.41, 5.74) is 6.41. The van der Waals surface area contributed by atoms with Crippen molar-refractivity contribution >= 4 is 17.2 Å². The van der Waals surface area contributed by atoms with Crippen LogP contribution in [0, 0.1) is 5.92 Å². The highest BCUT2D eigenvalue weighted by atomic mass is 32.1. The molecule has 2 rings (SSSR count). The number of rotatable bonds is 6. The lowest BCUT2D eigenvalue weighted by molar-refractivity contribution is 0.00570. The molecule has 0 amide bonds. The Labute approximate surface area is 126 Å². The van der Waals surface area contributed by atoms with Crippen molar-refractivity contribution in [3.63, 3.8) is 0 Å². The van der Waals surface area contributed by atoms with Gasteiger partial charge in [-0.25, -0.2) is 0 Å². The second kappa shape index (κ2) is 7.60. The van der Waals surface area contributed by atoms with Crippen molar-refractivity contribution in [2.45, 2.75) is 38.7 Å². The Hall–Kier alpha value is -1.13. The normalized spacial score (nSPS) is 22.4. The van der Waals surface area contributed by atoms with Crippen molar-refractivity contribution in [2.24, 2.45) is 11.7 Å². The third-order valence-corrected chi connectivity index (χ3v) is 4.04. The van der Waals surface area contributed by atoms with E-state index in [-0.39, 0.29) is 0 Å². The first-order chi connectivity index (χ1) is 9.65. The average molecular weight is 293 g/mol. The molecule has 0 radical (unpaired) electrons. The third kappa shape index (κ3) is 4.76. The van der Waals surface area contributed by atoms with E-state index < -0.39 is 0 Å². The molecule has 1 aromatic rings. The second-order valence-corrected chi connectivity index (χ2v) is 5.93. The summed E-state index contributed by atoms with van der Waals surface area (Å²) in [5.74, 6) is 1.68. The predicted octanol–water partition coefficient (Wildman–Crippen LogP) is 3.29. The minimum atomic E-state index is 0.409. The SMILES string of the molecule is CC1CCC(OCCOc2ccc(C(N)=S)cc2)CC1. The predicted molar refractivity (Wildman–Crippen MR) is 85.2 cm³/mol. The molecule has 1 aromatic carbocycles. The average Bonchev–Trinajstić information content (AvgIpc) is 2.46. The number of thiocarbonyl (C=S) groups is 1. The van der Waals surface area contributed by atoms with E-state index in [1.807, 2.05) is 24.3 Å². The van der Waals surface area contributed by atoms with Gasteiger partial charge in [0.25, 0.3) is 0 Å². The third-order valence-electron chi connectivity index (χ3n) is 3.81. The summed E-state index contributed by atoms with van der Waals surface area (Å²) in [6, 6.07) is 7.52. The van der Waals surface area contributed by atoms with Crippen LogP contribution in [-0.2, 0) is 4.74 Å². The molecular weight excluding hydrogens is 270 g/mol. The van der Waals surface area contributed by atoms with Gasteiger partial charge in [0.05, 0.1) is 12.7 Å². The van der Waals surface area contributed by atoms with E-state index >= 15 is 0 Å². The molecule has 0 atom stereocenters. The maximum absolute atomic E-state index is 5.85. The van der Waals surface area contributed by atoms with Gasteiger partial charge in [-0.15, -0.1) is 0 Å². The van der Waals surface area contributed by atoms with Crippen molar-refractivity contribution in [3.8, 4) is 5.75 Å². The van der Waals surface area contributed by atoms with Crippen LogP contribution in [0.3, 0.4) is 0 Å². The van der Waals surface area contributed by atoms with Gasteiger partial charge in [-0.1, -0.05) is 19.1 Å². The summed E-state index contributed by atoms with van der Waals surface area (Å²) in [5, 5.41) is 0. The molecule has 2 N–H and O–H groups in total. The topological polar surface area (TPSA) is 44.5 Å². The number of hydrogen-bond acceptors (Lipinski definition) is 3. The lowest BCUT2D eigenvalue weighted by Gasteiger charge is -2.26. The smallest absolute Gasteiger partial charge is 0.119 e. The van der Waals surface area contributed by atoms with Crippen molar-refractivity contribution in [3.05, 3.63) is 29.8 Å². The fourth-order valence-corrected chi connectivity index (χ4v) is 2.62. The zero-order chi connectivity index (χ0) is 14.4. The van der Waals surface area contributed by atoms with Gasteiger partial charge < -0.3 is 15.2 Å². The zero-order valence-electron chi connectivity index (χ0n) is 12.0. The van der Waals surface area contributed by atoms with Crippen LogP contribution in [-0.4, -0.2) is 24.3 Å². The molecule has 1 fully saturated rings. The molecule has 1 saturated carbocycles. The van der Waals surface area contributed by atoms with E-state index in [2.05, 4.69) is 6.92 Å². The monoisotopic (exact) mass is 293 g/mol. The van der Waals surface area contributed by atoms with Gasteiger partial charge in [0.15, 0.2) is 0 Å². The molecule has 0 bridgehead atoms. The van der Waals surface area contributed by atoms with E-state index in [9.17, 15) is 0 Å². The second-order valence-electron chi connectivity index (χ2n) is 5.49. The minimum absolute atomic E-state index is 0.409. The first-order valence-corrected chi connectivity index (χ1v) is 7.70. The molecule has 20 heavy (non-hydrogen) atoms. The van der Waals surface area contributed by atoms with Crippen molar-refractivity contribution < 1.29 is 9.47 Å². The maximum Gasteiger partial charge on any atom is 0.119 e. The van der Waals surface area contributed by atoms with Gasteiger partial charge in [-0.3, -0.25) is 0 Å². The zero-order valence-corrected chi connectivity index (χ0v) is 12.8. The first kappa shape index (κ1) is 15.3. The molecule has 0 aromatic heterocycles. The Kier molecular flexibility index (Phi) is 5.80. The van der Waals surface area contributed by atoms with Crippen molar-refractivity contribution in [1.82, 2.24) is 0 Å². The summed E-state index contributed by atoms with van der Waals surface area (Å²) < 4.78 is 11.5. The van der Waals surface area contributed by atoms with Crippen LogP contribution < -0.4 is 10.5 Å². The summed E-state index contributed by atoms with van der Waals surface area (Å²) in [7, 11) is 0. The Balaban J connectivity index is 1.64. The summed E-state index contributed by atoms with van der Waals surface area (Å²) in [4.78, 5) is 0.409. The van der Waals surface area contributed by atoms with Gasteiger partial charge in [0.1, 0.15) is 17.3 Å². The minimum Gasteiger partial charge on any atom is -0.491 e. The van der Waals surface area contributed by atoms with E-state index in [0.717, 1.165) is 17.2 Å². The molecule has 0 saturated heterocycles. The van der Waals surface area contributed by atoms with Crippen LogP contribution in [0.1, 0.15) is 38.2 Å². The van der Waals surface area contributed by atoms with Gasteiger partial charge in [-0.2, -0.15) is 0 Å². The summed E-state index contributed by atoms with van der Waals surface area (Å²) >= 11 is 4.91. The van der Waals surface area contributed by atoms with Crippen molar-refractivity contribution in [1.29, 1.82) is 0 Å². The molecule has 1 aliphatic carbocycles. The molecule has 0 aliphatic heterocycles. The summed E-state index contributed by atoms with van der Waals surface area (Å²) in [6.07, 6.45) is 5.36. The van der Waals surface area contributed by atoms with Crippen LogP contribution in [0.25, 0.3) is 0 Å². The highest BCUT2D eigenvalue weighted by Crippen LogP contribution is 2.25. The Morgan fingerprint density at radius 1 is 1.15 bits per heavy atom. The number of ether oxygens (including phenoxy) is 2. The highest BCUT2D eigenvalue weighted by Gasteiger charge is 2.18. The molecule has 1 aliphatic rings. The largest absolute Gasteiger partial charge is 0.491 e. The lowest BCUT2D eigenvalue weighted by atomic mass is 9.89. The molecule has 0 heterocycles. The van der Waals surface area contributed by atoms with Crippen LogP contribution in [0.4, 0.5) is 0 Å². The number of hydrogen-bond donors (Lipinski definition) is 1. The lowest BCUT2D eigenvalue weighted by Crippen LogP contribution is -2.22. The molecule has 0 unspecified atom stereocenters. The Morgan fingerprint density at radius 3 is 2.40 bits per heavy atom. The van der Waals surface area contributed by atoms with Crippen LogP contribution in [0.5, 0.6) is 5.75 Å². The first-order valence-electron chi connectivity index (χ1n) is 7.29. The molecule has 4 heteroatoms. The number of benzene rings is 1. The fraction of sp³-hybridized carbons (Fsp3) is 0.562. The van der Waals surface area contributed by atoms with Gasteiger partial charge >= 0.3 is 0 Å².